The van der Waals surface area contributed by atoms with Crippen molar-refractivity contribution in [3.8, 4) is 23.0 Å². The number of carbonyl (C=O) groups excluding carboxylic acids is 1. The lowest BCUT2D eigenvalue weighted by molar-refractivity contribution is -0.137. The Hall–Kier alpha value is -3.42. The number of para-hydroxylation sites is 1. The number of carboxylic acid groups (broad SMARTS) is 1. The fourth-order valence-corrected chi connectivity index (χ4v) is 2.95. The number of rotatable bonds is 7. The topological polar surface area (TPSA) is 94.5 Å². The van der Waals surface area contributed by atoms with E-state index >= 15 is 0 Å². The molecule has 1 aliphatic heterocycles. The predicted molar refractivity (Wildman–Crippen MR) is 99.4 cm³/mol. The Labute approximate surface area is 162 Å². The van der Waals surface area contributed by atoms with Gasteiger partial charge in [0, 0.05) is 12.6 Å². The van der Waals surface area contributed by atoms with Crippen LogP contribution in [0.1, 0.15) is 15.9 Å². The van der Waals surface area contributed by atoms with Crippen LogP contribution in [0.2, 0.25) is 0 Å². The summed E-state index contributed by atoms with van der Waals surface area (Å²) in [5, 5.41) is 9.30. The Morgan fingerprint density at radius 1 is 1.07 bits per heavy atom. The van der Waals surface area contributed by atoms with E-state index in [1.165, 1.54) is 19.1 Å². The van der Waals surface area contributed by atoms with Gasteiger partial charge in [-0.05, 0) is 29.8 Å². The second-order valence-electron chi connectivity index (χ2n) is 6.11. The van der Waals surface area contributed by atoms with Crippen LogP contribution < -0.4 is 18.9 Å². The number of hydrogen-bond acceptors (Lipinski definition) is 6. The van der Waals surface area contributed by atoms with Crippen molar-refractivity contribution in [1.82, 2.24) is 4.90 Å². The first-order valence-electron chi connectivity index (χ1n) is 8.63. The fourth-order valence-electron chi connectivity index (χ4n) is 2.95. The van der Waals surface area contributed by atoms with E-state index < -0.39 is 18.4 Å². The minimum atomic E-state index is -1.12. The molecule has 8 nitrogen and oxygen atoms in total. The third kappa shape index (κ3) is 4.28. The molecular weight excluding hydrogens is 366 g/mol. The summed E-state index contributed by atoms with van der Waals surface area (Å²) in [5.74, 6) is 0.307. The van der Waals surface area contributed by atoms with Crippen LogP contribution in [0.25, 0.3) is 0 Å². The highest BCUT2D eigenvalue weighted by Gasteiger charge is 2.26. The van der Waals surface area contributed by atoms with Crippen LogP contribution in [-0.2, 0) is 11.3 Å². The van der Waals surface area contributed by atoms with Crippen molar-refractivity contribution in [1.29, 1.82) is 0 Å². The normalized spacial score (nSPS) is 12.2. The number of carboxylic acids is 1. The van der Waals surface area contributed by atoms with Gasteiger partial charge in [-0.15, -0.1) is 0 Å². The number of nitrogens with zero attached hydrogens (tertiary/aromatic N) is 1. The molecule has 148 valence electrons. The van der Waals surface area contributed by atoms with Crippen LogP contribution in [0.5, 0.6) is 23.0 Å². The molecule has 0 atom stereocenters. The second-order valence-corrected chi connectivity index (χ2v) is 6.11. The van der Waals surface area contributed by atoms with E-state index in [-0.39, 0.29) is 12.1 Å². The van der Waals surface area contributed by atoms with Gasteiger partial charge in [0.25, 0.3) is 5.91 Å². The van der Waals surface area contributed by atoms with Crippen LogP contribution in [0.15, 0.2) is 36.4 Å². The van der Waals surface area contributed by atoms with Gasteiger partial charge in [-0.1, -0.05) is 6.07 Å². The quantitative estimate of drug-likeness (QED) is 0.778. The standard InChI is InChI=1S/C20H21NO7/c1-25-14-8-13(9-15(10-14)26-2)11-21(12-18(22)23)20(24)16-4-3-5-17-19(16)28-7-6-27-17/h3-5,8-10H,6-7,11-12H2,1-2H3,(H,22,23). The van der Waals surface area contributed by atoms with Crippen LogP contribution in [0, 0.1) is 0 Å². The molecule has 2 aromatic carbocycles. The maximum atomic E-state index is 13.1. The van der Waals surface area contributed by atoms with Crippen molar-refractivity contribution < 1.29 is 33.6 Å². The molecule has 0 saturated carbocycles. The first-order chi connectivity index (χ1) is 13.5. The van der Waals surface area contributed by atoms with Gasteiger partial charge in [-0.2, -0.15) is 0 Å². The number of amides is 1. The fraction of sp³-hybridized carbons (Fsp3) is 0.300. The lowest BCUT2D eigenvalue weighted by Crippen LogP contribution is -2.35. The van der Waals surface area contributed by atoms with E-state index in [0.717, 1.165) is 0 Å². The number of benzene rings is 2. The van der Waals surface area contributed by atoms with Crippen molar-refractivity contribution in [3.63, 3.8) is 0 Å². The SMILES string of the molecule is COc1cc(CN(CC(=O)O)C(=O)c2cccc3c2OCCO3)cc(OC)c1. The van der Waals surface area contributed by atoms with Crippen LogP contribution >= 0.6 is 0 Å². The molecule has 0 aliphatic carbocycles. The van der Waals surface area contributed by atoms with E-state index in [1.54, 1.807) is 36.4 Å². The second kappa shape index (κ2) is 8.51. The highest BCUT2D eigenvalue weighted by atomic mass is 16.6. The molecule has 0 aromatic heterocycles. The Bertz CT molecular complexity index is 859. The number of methoxy groups -OCH3 is 2. The Morgan fingerprint density at radius 3 is 2.39 bits per heavy atom. The smallest absolute Gasteiger partial charge is 0.323 e. The minimum absolute atomic E-state index is 0.0587. The van der Waals surface area contributed by atoms with Gasteiger partial charge in [0.15, 0.2) is 11.5 Å². The van der Waals surface area contributed by atoms with Crippen molar-refractivity contribution in [2.24, 2.45) is 0 Å². The van der Waals surface area contributed by atoms with Crippen molar-refractivity contribution in [3.05, 3.63) is 47.5 Å². The maximum absolute atomic E-state index is 13.1. The number of carbonyl (C=O) groups is 2. The average Bonchev–Trinajstić information content (AvgIpc) is 2.71. The van der Waals surface area contributed by atoms with Crippen LogP contribution in [-0.4, -0.2) is 55.9 Å². The first kappa shape index (κ1) is 19.3. The molecule has 1 N–H and O–H groups in total. The highest BCUT2D eigenvalue weighted by Crippen LogP contribution is 2.34. The lowest BCUT2D eigenvalue weighted by Gasteiger charge is -2.25. The van der Waals surface area contributed by atoms with Gasteiger partial charge in [-0.3, -0.25) is 9.59 Å². The number of aliphatic carboxylic acids is 1. The molecule has 28 heavy (non-hydrogen) atoms. The molecule has 0 fully saturated rings. The molecule has 0 bridgehead atoms. The van der Waals surface area contributed by atoms with Crippen molar-refractivity contribution in [2.75, 3.05) is 34.0 Å². The summed E-state index contributed by atoms with van der Waals surface area (Å²) in [5.41, 5.74) is 0.932. The molecule has 0 spiro atoms. The molecule has 2 aromatic rings. The predicted octanol–water partition coefficient (Wildman–Crippen LogP) is 2.20. The van der Waals surface area contributed by atoms with E-state index in [0.29, 0.717) is 41.8 Å². The number of fused-ring (bicyclic) bond motifs is 1. The van der Waals surface area contributed by atoms with Gasteiger partial charge < -0.3 is 29.0 Å². The summed E-state index contributed by atoms with van der Waals surface area (Å²) in [4.78, 5) is 25.7. The molecule has 0 radical (unpaired) electrons. The Morgan fingerprint density at radius 2 is 1.75 bits per heavy atom. The maximum Gasteiger partial charge on any atom is 0.323 e. The molecule has 1 amide bonds. The van der Waals surface area contributed by atoms with Gasteiger partial charge in [0.2, 0.25) is 0 Å². The van der Waals surface area contributed by atoms with E-state index in [9.17, 15) is 14.7 Å². The number of ether oxygens (including phenoxy) is 4. The molecular formula is C20H21NO7. The van der Waals surface area contributed by atoms with E-state index in [2.05, 4.69) is 0 Å². The average molecular weight is 387 g/mol. The van der Waals surface area contributed by atoms with Gasteiger partial charge in [0.05, 0.1) is 19.8 Å². The molecule has 0 unspecified atom stereocenters. The minimum Gasteiger partial charge on any atom is -0.497 e. The third-order valence-electron chi connectivity index (χ3n) is 4.19. The van der Waals surface area contributed by atoms with Gasteiger partial charge in [-0.25, -0.2) is 0 Å². The zero-order valence-electron chi connectivity index (χ0n) is 15.6. The first-order valence-corrected chi connectivity index (χ1v) is 8.63. The monoisotopic (exact) mass is 387 g/mol. The summed E-state index contributed by atoms with van der Waals surface area (Å²) < 4.78 is 21.6. The highest BCUT2D eigenvalue weighted by molar-refractivity contribution is 5.99. The van der Waals surface area contributed by atoms with Crippen molar-refractivity contribution in [2.45, 2.75) is 6.54 Å². The van der Waals surface area contributed by atoms with E-state index in [1.807, 2.05) is 0 Å². The van der Waals surface area contributed by atoms with E-state index in [4.69, 9.17) is 18.9 Å². The Balaban J connectivity index is 1.93. The summed E-state index contributed by atoms with van der Waals surface area (Å²) in [6.07, 6.45) is 0. The zero-order chi connectivity index (χ0) is 20.1. The third-order valence-corrected chi connectivity index (χ3v) is 4.19. The van der Waals surface area contributed by atoms with Gasteiger partial charge >= 0.3 is 5.97 Å². The summed E-state index contributed by atoms with van der Waals surface area (Å²) in [6.45, 7) is 0.308. The Kier molecular flexibility index (Phi) is 5.88. The lowest BCUT2D eigenvalue weighted by atomic mass is 10.1. The largest absolute Gasteiger partial charge is 0.497 e. The van der Waals surface area contributed by atoms with Crippen molar-refractivity contribution >= 4 is 11.9 Å². The summed E-state index contributed by atoms with van der Waals surface area (Å²) in [7, 11) is 3.04. The van der Waals surface area contributed by atoms with Gasteiger partial charge in [0.1, 0.15) is 31.3 Å². The molecule has 1 aliphatic rings. The molecule has 8 heteroatoms. The summed E-state index contributed by atoms with van der Waals surface area (Å²) >= 11 is 0. The molecule has 1 heterocycles. The van der Waals surface area contributed by atoms with Crippen LogP contribution in [0.3, 0.4) is 0 Å². The zero-order valence-corrected chi connectivity index (χ0v) is 15.6. The molecule has 0 saturated heterocycles. The molecule has 3 rings (SSSR count). The summed E-state index contributed by atoms with van der Waals surface area (Å²) in [6, 6.07) is 10.1. The van der Waals surface area contributed by atoms with Crippen LogP contribution in [0.4, 0.5) is 0 Å². The number of hydrogen-bond donors (Lipinski definition) is 1.